The van der Waals surface area contributed by atoms with Gasteiger partial charge in [0.2, 0.25) is 0 Å². The number of ether oxygens (including phenoxy) is 1. The number of phenols is 1. The van der Waals surface area contributed by atoms with E-state index in [1.54, 1.807) is 19.4 Å². The summed E-state index contributed by atoms with van der Waals surface area (Å²) >= 11 is 0. The van der Waals surface area contributed by atoms with Gasteiger partial charge in [0.1, 0.15) is 11.5 Å². The van der Waals surface area contributed by atoms with Gasteiger partial charge in [-0.2, -0.15) is 5.10 Å². The van der Waals surface area contributed by atoms with Crippen molar-refractivity contribution in [2.24, 2.45) is 0 Å². The van der Waals surface area contributed by atoms with Gasteiger partial charge in [-0.3, -0.25) is 5.10 Å². The Morgan fingerprint density at radius 1 is 1.29 bits per heavy atom. The first-order chi connectivity index (χ1) is 10.2. The number of nitrogens with one attached hydrogen (secondary N) is 2. The number of hydrogen-bond donors (Lipinski definition) is 3. The minimum Gasteiger partial charge on any atom is -0.507 e. The van der Waals surface area contributed by atoms with Crippen LogP contribution in [0.3, 0.4) is 0 Å². The highest BCUT2D eigenvalue weighted by molar-refractivity contribution is 5.91. The largest absolute Gasteiger partial charge is 0.507 e. The molecule has 0 aliphatic rings. The molecule has 2 aromatic carbocycles. The quantitative estimate of drug-likeness (QED) is 0.686. The molecule has 0 aliphatic heterocycles. The molecule has 3 N–H and O–H groups in total. The molecule has 0 saturated heterocycles. The zero-order chi connectivity index (χ0) is 14.8. The van der Waals surface area contributed by atoms with Gasteiger partial charge in [-0.25, -0.2) is 0 Å². The lowest BCUT2D eigenvalue weighted by atomic mass is 10.1. The van der Waals surface area contributed by atoms with Crippen molar-refractivity contribution in [3.05, 3.63) is 48.2 Å². The number of benzene rings is 2. The van der Waals surface area contributed by atoms with E-state index in [0.29, 0.717) is 5.75 Å². The molecule has 108 valence electrons. The summed E-state index contributed by atoms with van der Waals surface area (Å²) in [6.07, 6.45) is 1.79. The van der Waals surface area contributed by atoms with Crippen LogP contribution in [0.25, 0.3) is 10.9 Å². The van der Waals surface area contributed by atoms with Gasteiger partial charge in [0.05, 0.1) is 24.9 Å². The zero-order valence-corrected chi connectivity index (χ0v) is 11.9. The second kappa shape index (κ2) is 5.36. The van der Waals surface area contributed by atoms with Crippen molar-refractivity contribution in [3.63, 3.8) is 0 Å². The minimum absolute atomic E-state index is 0.0450. The third-order valence-corrected chi connectivity index (χ3v) is 3.56. The molecule has 0 spiro atoms. The Kier molecular flexibility index (Phi) is 3.39. The van der Waals surface area contributed by atoms with E-state index in [0.717, 1.165) is 22.2 Å². The minimum atomic E-state index is -0.0450. The van der Waals surface area contributed by atoms with Gasteiger partial charge >= 0.3 is 0 Å². The summed E-state index contributed by atoms with van der Waals surface area (Å²) in [6, 6.07) is 11.2. The van der Waals surface area contributed by atoms with Crippen molar-refractivity contribution in [2.75, 3.05) is 12.4 Å². The van der Waals surface area contributed by atoms with Gasteiger partial charge in [0.15, 0.2) is 0 Å². The molecule has 0 saturated carbocycles. The van der Waals surface area contributed by atoms with Gasteiger partial charge in [0.25, 0.3) is 0 Å². The van der Waals surface area contributed by atoms with E-state index in [4.69, 9.17) is 4.74 Å². The van der Waals surface area contributed by atoms with Crippen LogP contribution >= 0.6 is 0 Å². The molecule has 1 unspecified atom stereocenters. The molecule has 5 nitrogen and oxygen atoms in total. The fourth-order valence-corrected chi connectivity index (χ4v) is 2.42. The zero-order valence-electron chi connectivity index (χ0n) is 11.9. The summed E-state index contributed by atoms with van der Waals surface area (Å²) in [5, 5.41) is 21.5. The first-order valence-electron chi connectivity index (χ1n) is 6.74. The maximum Gasteiger partial charge on any atom is 0.124 e. The number of aromatic amines is 1. The lowest BCUT2D eigenvalue weighted by Crippen LogP contribution is -2.07. The second-order valence-electron chi connectivity index (χ2n) is 4.93. The third kappa shape index (κ3) is 2.50. The Morgan fingerprint density at radius 2 is 2.14 bits per heavy atom. The summed E-state index contributed by atoms with van der Waals surface area (Å²) < 4.78 is 5.10. The lowest BCUT2D eigenvalue weighted by Gasteiger charge is -2.18. The number of fused-ring (bicyclic) bond motifs is 1. The SMILES string of the molecule is COc1ccc(C(C)Nc2cccc3[nH]ncc23)c(O)c1. The first-order valence-corrected chi connectivity index (χ1v) is 6.74. The molecule has 0 amide bonds. The Morgan fingerprint density at radius 3 is 2.90 bits per heavy atom. The molecule has 0 aliphatic carbocycles. The Bertz CT molecular complexity index is 767. The van der Waals surface area contributed by atoms with Crippen molar-refractivity contribution in [2.45, 2.75) is 13.0 Å². The van der Waals surface area contributed by atoms with E-state index < -0.39 is 0 Å². The van der Waals surface area contributed by atoms with Crippen LogP contribution in [0.1, 0.15) is 18.5 Å². The Labute approximate surface area is 122 Å². The Hall–Kier alpha value is -2.69. The van der Waals surface area contributed by atoms with E-state index >= 15 is 0 Å². The van der Waals surface area contributed by atoms with Crippen LogP contribution in [0.2, 0.25) is 0 Å². The average molecular weight is 283 g/mol. The molecule has 5 heteroatoms. The van der Waals surface area contributed by atoms with E-state index in [1.807, 2.05) is 37.3 Å². The molecule has 21 heavy (non-hydrogen) atoms. The van der Waals surface area contributed by atoms with Gasteiger partial charge in [-0.15, -0.1) is 0 Å². The standard InChI is InChI=1S/C16H17N3O2/c1-10(12-7-6-11(21-2)8-16(12)20)18-14-4-3-5-15-13(14)9-17-19-15/h3-10,18,20H,1-2H3,(H,17,19). The van der Waals surface area contributed by atoms with Crippen LogP contribution in [0, 0.1) is 0 Å². The van der Waals surface area contributed by atoms with Crippen molar-refractivity contribution in [1.29, 1.82) is 0 Å². The molecular formula is C16H17N3O2. The van der Waals surface area contributed by atoms with E-state index in [-0.39, 0.29) is 11.8 Å². The summed E-state index contributed by atoms with van der Waals surface area (Å²) in [5.74, 6) is 0.856. The molecule has 3 aromatic rings. The predicted molar refractivity (Wildman–Crippen MR) is 82.8 cm³/mol. The van der Waals surface area contributed by atoms with Crippen molar-refractivity contribution in [3.8, 4) is 11.5 Å². The monoisotopic (exact) mass is 283 g/mol. The highest BCUT2D eigenvalue weighted by Gasteiger charge is 2.12. The highest BCUT2D eigenvalue weighted by Crippen LogP contribution is 2.32. The Balaban J connectivity index is 1.89. The molecule has 1 atom stereocenters. The fraction of sp³-hybridized carbons (Fsp3) is 0.188. The van der Waals surface area contributed by atoms with Crippen LogP contribution < -0.4 is 10.1 Å². The van der Waals surface area contributed by atoms with Crippen molar-refractivity contribution in [1.82, 2.24) is 10.2 Å². The molecule has 3 rings (SSSR count). The van der Waals surface area contributed by atoms with Gasteiger partial charge in [0, 0.05) is 22.7 Å². The van der Waals surface area contributed by atoms with Gasteiger partial charge in [-0.05, 0) is 31.2 Å². The molecule has 0 radical (unpaired) electrons. The van der Waals surface area contributed by atoms with E-state index in [2.05, 4.69) is 15.5 Å². The van der Waals surface area contributed by atoms with Gasteiger partial charge < -0.3 is 15.2 Å². The van der Waals surface area contributed by atoms with Crippen LogP contribution in [0.4, 0.5) is 5.69 Å². The molecular weight excluding hydrogens is 266 g/mol. The smallest absolute Gasteiger partial charge is 0.124 e. The number of H-pyrrole nitrogens is 1. The molecule has 1 aromatic heterocycles. The van der Waals surface area contributed by atoms with Crippen LogP contribution in [0.15, 0.2) is 42.6 Å². The maximum atomic E-state index is 10.1. The molecule has 0 bridgehead atoms. The molecule has 0 fully saturated rings. The summed E-state index contributed by atoms with van der Waals surface area (Å²) in [4.78, 5) is 0. The maximum absolute atomic E-state index is 10.1. The number of phenolic OH excluding ortho intramolecular Hbond substituents is 1. The number of aromatic hydroxyl groups is 1. The number of hydrogen-bond acceptors (Lipinski definition) is 4. The second-order valence-corrected chi connectivity index (χ2v) is 4.93. The van der Waals surface area contributed by atoms with Crippen LogP contribution in [-0.4, -0.2) is 22.4 Å². The predicted octanol–water partition coefficient (Wildman–Crippen LogP) is 3.45. The first kappa shape index (κ1) is 13.3. The third-order valence-electron chi connectivity index (χ3n) is 3.56. The topological polar surface area (TPSA) is 70.2 Å². The van der Waals surface area contributed by atoms with Gasteiger partial charge in [-0.1, -0.05) is 6.07 Å². The fourth-order valence-electron chi connectivity index (χ4n) is 2.42. The normalized spacial score (nSPS) is 12.3. The number of aromatic nitrogens is 2. The van der Waals surface area contributed by atoms with Crippen molar-refractivity contribution >= 4 is 16.6 Å². The van der Waals surface area contributed by atoms with Crippen LogP contribution in [0.5, 0.6) is 11.5 Å². The lowest BCUT2D eigenvalue weighted by molar-refractivity contribution is 0.406. The summed E-state index contributed by atoms with van der Waals surface area (Å²) in [5.41, 5.74) is 2.77. The number of methoxy groups -OCH3 is 1. The van der Waals surface area contributed by atoms with E-state index in [1.165, 1.54) is 0 Å². The number of rotatable bonds is 4. The van der Waals surface area contributed by atoms with E-state index in [9.17, 15) is 5.11 Å². The molecule has 1 heterocycles. The summed E-state index contributed by atoms with van der Waals surface area (Å²) in [6.45, 7) is 2.00. The van der Waals surface area contributed by atoms with Crippen LogP contribution in [-0.2, 0) is 0 Å². The number of anilines is 1. The summed E-state index contributed by atoms with van der Waals surface area (Å²) in [7, 11) is 1.58. The average Bonchev–Trinajstić information content (AvgIpc) is 2.96. The van der Waals surface area contributed by atoms with Crippen molar-refractivity contribution < 1.29 is 9.84 Å². The number of nitrogens with zero attached hydrogens (tertiary/aromatic N) is 1. The highest BCUT2D eigenvalue weighted by atomic mass is 16.5.